The van der Waals surface area contributed by atoms with E-state index in [4.69, 9.17) is 14.6 Å². The van der Waals surface area contributed by atoms with Crippen LogP contribution in [0, 0.1) is 11.8 Å². The first kappa shape index (κ1) is 26.6. The molecule has 1 aromatic heterocycles. The normalized spacial score (nSPS) is 31.2. The number of rotatable bonds is 9. The highest BCUT2D eigenvalue weighted by Gasteiger charge is 2.75. The fourth-order valence-electron chi connectivity index (χ4n) is 6.94. The fraction of sp³-hybridized carbons (Fsp3) is 0.552. The summed E-state index contributed by atoms with van der Waals surface area (Å²) in [5.41, 5.74) is -0.815. The molecule has 4 aliphatic rings. The van der Waals surface area contributed by atoms with Crippen LogP contribution in [-0.4, -0.2) is 91.2 Å². The van der Waals surface area contributed by atoms with E-state index < -0.39 is 35.0 Å². The molecule has 2 fully saturated rings. The number of para-hydroxylation sites is 1. The average Bonchev–Trinajstić information content (AvgIpc) is 3.49. The van der Waals surface area contributed by atoms with Crippen LogP contribution >= 0.6 is 0 Å². The Hall–Kier alpha value is -3.57. The second kappa shape index (κ2) is 10.4. The third kappa shape index (κ3) is 4.05. The number of carbonyl (C=O) groups excluding carboxylic acids is 3. The number of nitrogens with zero attached hydrogens (tertiary/aromatic N) is 5. The largest absolute Gasteiger partial charge is 0.461 e. The smallest absolute Gasteiger partial charge is 0.313 e. The molecule has 1 N–H and O–H groups in total. The number of likely N-dealkylation sites (tertiary alicyclic amines) is 1. The van der Waals surface area contributed by atoms with Gasteiger partial charge in [0.1, 0.15) is 42.0 Å². The van der Waals surface area contributed by atoms with Crippen molar-refractivity contribution in [2.24, 2.45) is 11.8 Å². The number of ether oxygens (including phenoxy) is 2. The molecule has 0 aliphatic carbocycles. The molecular formula is C29H35N5O6. The van der Waals surface area contributed by atoms with Crippen molar-refractivity contribution >= 4 is 28.8 Å². The van der Waals surface area contributed by atoms with E-state index in [9.17, 15) is 14.4 Å². The van der Waals surface area contributed by atoms with E-state index in [1.165, 1.54) is 0 Å². The summed E-state index contributed by atoms with van der Waals surface area (Å²) in [5.74, 6) is -2.71. The van der Waals surface area contributed by atoms with Crippen LogP contribution in [0.3, 0.4) is 0 Å². The summed E-state index contributed by atoms with van der Waals surface area (Å²) in [5, 5.41) is 17.6. The van der Waals surface area contributed by atoms with Crippen LogP contribution in [0.4, 0.5) is 0 Å². The summed E-state index contributed by atoms with van der Waals surface area (Å²) in [6.07, 6.45) is 10.8. The van der Waals surface area contributed by atoms with Crippen LogP contribution in [-0.2, 0) is 30.5 Å². The lowest BCUT2D eigenvalue weighted by molar-refractivity contribution is -0.159. The lowest BCUT2D eigenvalue weighted by atomic mass is 9.73. The minimum Gasteiger partial charge on any atom is -0.461 e. The van der Waals surface area contributed by atoms with Crippen molar-refractivity contribution in [3.8, 4) is 0 Å². The molecule has 0 bridgehead atoms. The SMILES string of the molecule is CC[C@]12C=CCOC(=O)[C@H]1[C@H]1C(=O)N(CCCCCCO)C3C(=O)N(Cn4nnc5ccccc54)CC=C[C@@]31O2. The molecule has 1 aromatic carbocycles. The average molecular weight is 550 g/mol. The van der Waals surface area contributed by atoms with Gasteiger partial charge in [0.05, 0.1) is 11.4 Å². The molecule has 2 amide bonds. The molecule has 212 valence electrons. The molecule has 5 heterocycles. The van der Waals surface area contributed by atoms with Crippen molar-refractivity contribution in [2.45, 2.75) is 62.9 Å². The number of hydrogen-bond donors (Lipinski definition) is 1. The van der Waals surface area contributed by atoms with E-state index in [-0.39, 0.29) is 31.7 Å². The lowest BCUT2D eigenvalue weighted by Gasteiger charge is -2.38. The highest BCUT2D eigenvalue weighted by molar-refractivity contribution is 5.99. The van der Waals surface area contributed by atoms with Crippen LogP contribution in [0.15, 0.2) is 48.6 Å². The van der Waals surface area contributed by atoms with E-state index in [1.54, 1.807) is 20.6 Å². The van der Waals surface area contributed by atoms with Gasteiger partial charge in [0.2, 0.25) is 5.91 Å². The van der Waals surface area contributed by atoms with Crippen LogP contribution in [0.25, 0.3) is 11.0 Å². The van der Waals surface area contributed by atoms with E-state index in [0.29, 0.717) is 32.4 Å². The standard InChI is InChI=1S/C29H35N5O6/c1-2-28-13-10-18-39-27(38)23(28)22-25(36)33(16-7-3-4-8-17-35)24-26(37)32(15-9-14-29(22,24)40-28)19-34-21-12-6-5-11-20(21)30-31-34/h5-6,9-14,22-24,35H,2-4,7-8,15-19H2,1H3/t22-,23+,24?,28-,29-/m0/s1. The third-order valence-corrected chi connectivity index (χ3v) is 8.81. The topological polar surface area (TPSA) is 127 Å². The second-order valence-electron chi connectivity index (χ2n) is 11.0. The molecule has 11 heteroatoms. The van der Waals surface area contributed by atoms with Gasteiger partial charge in [-0.15, -0.1) is 5.10 Å². The number of amides is 2. The molecule has 1 spiro atoms. The minimum absolute atomic E-state index is 0.121. The molecular weight excluding hydrogens is 514 g/mol. The lowest BCUT2D eigenvalue weighted by Crippen LogP contribution is -2.56. The molecule has 2 saturated heterocycles. The van der Waals surface area contributed by atoms with E-state index >= 15 is 0 Å². The van der Waals surface area contributed by atoms with Gasteiger partial charge < -0.3 is 24.4 Å². The Labute approximate surface area is 232 Å². The van der Waals surface area contributed by atoms with Crippen LogP contribution in [0.5, 0.6) is 0 Å². The number of aromatic nitrogens is 3. The summed E-state index contributed by atoms with van der Waals surface area (Å²) < 4.78 is 14.0. The molecule has 5 atom stereocenters. The van der Waals surface area contributed by atoms with E-state index in [2.05, 4.69) is 10.3 Å². The summed E-state index contributed by atoms with van der Waals surface area (Å²) >= 11 is 0. The molecule has 1 unspecified atom stereocenters. The first-order valence-corrected chi connectivity index (χ1v) is 14.2. The summed E-state index contributed by atoms with van der Waals surface area (Å²) in [4.78, 5) is 45.3. The minimum atomic E-state index is -1.31. The summed E-state index contributed by atoms with van der Waals surface area (Å²) in [7, 11) is 0. The fourth-order valence-corrected chi connectivity index (χ4v) is 6.94. The zero-order chi connectivity index (χ0) is 27.9. The van der Waals surface area contributed by atoms with Gasteiger partial charge in [0.25, 0.3) is 5.91 Å². The van der Waals surface area contributed by atoms with Gasteiger partial charge in [-0.2, -0.15) is 0 Å². The predicted octanol–water partition coefficient (Wildman–Crippen LogP) is 1.81. The Balaban J connectivity index is 1.38. The first-order chi connectivity index (χ1) is 19.5. The van der Waals surface area contributed by atoms with Gasteiger partial charge in [-0.1, -0.05) is 55.3 Å². The first-order valence-electron chi connectivity index (χ1n) is 14.2. The molecule has 4 aliphatic heterocycles. The Morgan fingerprint density at radius 3 is 2.67 bits per heavy atom. The predicted molar refractivity (Wildman–Crippen MR) is 143 cm³/mol. The van der Waals surface area contributed by atoms with Gasteiger partial charge in [-0.05, 0) is 37.5 Å². The highest BCUT2D eigenvalue weighted by Crippen LogP contribution is 2.58. The van der Waals surface area contributed by atoms with Crippen molar-refractivity contribution in [1.82, 2.24) is 24.8 Å². The van der Waals surface area contributed by atoms with E-state index in [1.807, 2.05) is 49.4 Å². The zero-order valence-electron chi connectivity index (χ0n) is 22.6. The van der Waals surface area contributed by atoms with Gasteiger partial charge in [0.15, 0.2) is 0 Å². The number of cyclic esters (lactones) is 1. The summed E-state index contributed by atoms with van der Waals surface area (Å²) in [6, 6.07) is 6.61. The molecule has 2 aromatic rings. The maximum Gasteiger partial charge on any atom is 0.313 e. The number of esters is 1. The third-order valence-electron chi connectivity index (χ3n) is 8.81. The number of hydrogen-bond acceptors (Lipinski definition) is 8. The van der Waals surface area contributed by atoms with Crippen LogP contribution in [0.1, 0.15) is 39.0 Å². The maximum atomic E-state index is 14.4. The van der Waals surface area contributed by atoms with Gasteiger partial charge in [0, 0.05) is 19.7 Å². The number of aliphatic hydroxyl groups excluding tert-OH is 1. The van der Waals surface area contributed by atoms with Gasteiger partial charge in [-0.3, -0.25) is 14.4 Å². The van der Waals surface area contributed by atoms with E-state index in [0.717, 1.165) is 23.9 Å². The number of aliphatic hydroxyl groups is 1. The zero-order valence-corrected chi connectivity index (χ0v) is 22.6. The molecule has 40 heavy (non-hydrogen) atoms. The number of benzene rings is 1. The Morgan fingerprint density at radius 2 is 1.85 bits per heavy atom. The summed E-state index contributed by atoms with van der Waals surface area (Å²) in [6.45, 7) is 2.98. The van der Waals surface area contributed by atoms with Gasteiger partial charge in [-0.25, -0.2) is 4.68 Å². The highest BCUT2D eigenvalue weighted by atomic mass is 16.6. The van der Waals surface area contributed by atoms with Gasteiger partial charge >= 0.3 is 5.97 Å². The van der Waals surface area contributed by atoms with Crippen LogP contribution in [0.2, 0.25) is 0 Å². The quantitative estimate of drug-likeness (QED) is 0.285. The Morgan fingerprint density at radius 1 is 1.02 bits per heavy atom. The molecule has 6 rings (SSSR count). The second-order valence-corrected chi connectivity index (χ2v) is 11.0. The van der Waals surface area contributed by atoms with Crippen molar-refractivity contribution in [2.75, 3.05) is 26.3 Å². The van der Waals surface area contributed by atoms with Crippen molar-refractivity contribution in [3.63, 3.8) is 0 Å². The number of carbonyl (C=O) groups is 3. The molecule has 0 saturated carbocycles. The molecule has 0 radical (unpaired) electrons. The number of unbranched alkanes of at least 4 members (excludes halogenated alkanes) is 3. The monoisotopic (exact) mass is 549 g/mol. The molecule has 11 nitrogen and oxygen atoms in total. The van der Waals surface area contributed by atoms with Crippen LogP contribution < -0.4 is 0 Å². The Bertz CT molecular complexity index is 1370. The van der Waals surface area contributed by atoms with Crippen molar-refractivity contribution in [1.29, 1.82) is 0 Å². The maximum absolute atomic E-state index is 14.4. The Kier molecular flexibility index (Phi) is 6.95. The van der Waals surface area contributed by atoms with Crippen molar-refractivity contribution in [3.05, 3.63) is 48.6 Å². The number of fused-ring (bicyclic) bond motifs is 3. The van der Waals surface area contributed by atoms with Crippen molar-refractivity contribution < 1.29 is 29.0 Å².